The van der Waals surface area contributed by atoms with Crippen molar-refractivity contribution in [1.29, 1.82) is 0 Å². The third kappa shape index (κ3) is 6.84. The number of ether oxygens (including phenoxy) is 2. The fraction of sp³-hybridized carbons (Fsp3) is 0.205. The fourth-order valence-electron chi connectivity index (χ4n) is 7.11. The predicted molar refractivity (Wildman–Crippen MR) is 206 cm³/mol. The van der Waals surface area contributed by atoms with Gasteiger partial charge in [0.25, 0.3) is 11.8 Å². The number of amides is 3. The third-order valence-electron chi connectivity index (χ3n) is 9.95. The molecule has 2 atom stereocenters. The minimum atomic E-state index is -1.96. The van der Waals surface area contributed by atoms with Crippen LogP contribution >= 0.6 is 0 Å². The molecule has 54 heavy (non-hydrogen) atoms. The zero-order chi connectivity index (χ0) is 37.8. The van der Waals surface area contributed by atoms with E-state index in [1.54, 1.807) is 70.2 Å². The maximum Gasteiger partial charge on any atom is 0.266 e. The maximum atomic E-state index is 14.4. The molecule has 0 aliphatic carbocycles. The van der Waals surface area contributed by atoms with Gasteiger partial charge in [-0.05, 0) is 65.7 Å². The second-order valence-corrected chi connectivity index (χ2v) is 13.4. The summed E-state index contributed by atoms with van der Waals surface area (Å²) in [6.45, 7) is 2.21. The van der Waals surface area contributed by atoms with Crippen LogP contribution in [0.5, 0.6) is 17.2 Å². The van der Waals surface area contributed by atoms with Crippen molar-refractivity contribution >= 4 is 34.8 Å². The van der Waals surface area contributed by atoms with Crippen molar-refractivity contribution in [2.24, 2.45) is 5.92 Å². The summed E-state index contributed by atoms with van der Waals surface area (Å²) in [6.07, 6.45) is 3.37. The molecule has 0 saturated carbocycles. The van der Waals surface area contributed by atoms with Gasteiger partial charge >= 0.3 is 0 Å². The molecule has 5 aromatic rings. The minimum absolute atomic E-state index is 0.0246. The number of hydrogen-bond donors (Lipinski definition) is 2. The quantitative estimate of drug-likeness (QED) is 0.132. The Hall–Kier alpha value is -6.23. The number of fused-ring (bicyclic) bond motifs is 3. The molecule has 0 fully saturated rings. The monoisotopic (exact) mass is 723 g/mol. The molecule has 2 N–H and O–H groups in total. The number of nitrogens with zero attached hydrogens (tertiary/aromatic N) is 3. The Morgan fingerprint density at radius 2 is 1.59 bits per heavy atom. The fourth-order valence-corrected chi connectivity index (χ4v) is 7.11. The van der Waals surface area contributed by atoms with Crippen molar-refractivity contribution in [2.45, 2.75) is 32.0 Å². The summed E-state index contributed by atoms with van der Waals surface area (Å²) < 4.78 is 11.7. The Bertz CT molecular complexity index is 2220. The topological polar surface area (TPSA) is 120 Å². The van der Waals surface area contributed by atoms with Gasteiger partial charge in [0.1, 0.15) is 11.5 Å². The summed E-state index contributed by atoms with van der Waals surface area (Å²) in [5, 5.41) is 21.9. The van der Waals surface area contributed by atoms with Crippen molar-refractivity contribution in [1.82, 2.24) is 4.90 Å². The summed E-state index contributed by atoms with van der Waals surface area (Å²) in [7, 11) is 1.52. The average molecular weight is 724 g/mol. The second kappa shape index (κ2) is 15.4. The normalized spacial score (nSPS) is 16.7. The molecular formula is C44H41N3O7. The smallest absolute Gasteiger partial charge is 0.266 e. The van der Waals surface area contributed by atoms with Gasteiger partial charge in [-0.2, -0.15) is 0 Å². The van der Waals surface area contributed by atoms with Crippen LogP contribution in [0.3, 0.4) is 0 Å². The van der Waals surface area contributed by atoms with E-state index in [9.17, 15) is 24.6 Å². The molecule has 2 heterocycles. The molecule has 0 aromatic heterocycles. The van der Waals surface area contributed by atoms with E-state index < -0.39 is 17.4 Å². The third-order valence-corrected chi connectivity index (χ3v) is 9.95. The largest absolute Gasteiger partial charge is 0.497 e. The van der Waals surface area contributed by atoms with Crippen LogP contribution in [0, 0.1) is 5.92 Å². The number of benzene rings is 5. The number of carbonyl (C=O) groups excluding carboxylic acids is 3. The molecule has 2 aliphatic heterocycles. The van der Waals surface area contributed by atoms with Gasteiger partial charge in [-0.25, -0.2) is 0 Å². The number of carbonyl (C=O) groups is 3. The highest BCUT2D eigenvalue weighted by Crippen LogP contribution is 2.48. The van der Waals surface area contributed by atoms with Gasteiger partial charge in [0.05, 0.1) is 37.2 Å². The molecule has 10 nitrogen and oxygen atoms in total. The molecule has 3 amide bonds. The lowest BCUT2D eigenvalue weighted by Gasteiger charge is -2.28. The van der Waals surface area contributed by atoms with Crippen LogP contribution in [-0.4, -0.2) is 53.1 Å². The van der Waals surface area contributed by atoms with Crippen molar-refractivity contribution in [3.63, 3.8) is 0 Å². The van der Waals surface area contributed by atoms with E-state index in [-0.39, 0.29) is 37.9 Å². The number of para-hydroxylation sites is 3. The highest BCUT2D eigenvalue weighted by Gasteiger charge is 2.52. The van der Waals surface area contributed by atoms with Gasteiger partial charge in [0.2, 0.25) is 5.91 Å². The Balaban J connectivity index is 1.15. The standard InChI is InChI=1S/C44H41N3O7/c1-30(12-10-21-41(49)45(24-25-48)28-31-13-4-3-5-14-31)44(52)36-27-34(53-2)22-23-37(36)46(43(44)51)29-32-15-11-16-33(26-32)47-38-18-7-9-20-40(38)54-39-19-8-6-17-35(39)42(47)50/h3-20,22-23,26-27,30,48,52H,21,24-25,28-29H2,1-2H3/b12-10+/t30-,44+/m1/s1. The second-order valence-electron chi connectivity index (χ2n) is 13.4. The minimum Gasteiger partial charge on any atom is -0.497 e. The van der Waals surface area contributed by atoms with Crippen molar-refractivity contribution < 1.29 is 34.1 Å². The zero-order valence-corrected chi connectivity index (χ0v) is 30.1. The highest BCUT2D eigenvalue weighted by atomic mass is 16.5. The van der Waals surface area contributed by atoms with E-state index >= 15 is 0 Å². The van der Waals surface area contributed by atoms with Crippen LogP contribution in [0.1, 0.15) is 40.4 Å². The van der Waals surface area contributed by atoms with E-state index in [0.29, 0.717) is 52.0 Å². The first kappa shape index (κ1) is 36.1. The molecule has 7 rings (SSSR count). The van der Waals surface area contributed by atoms with E-state index in [4.69, 9.17) is 9.47 Å². The number of methoxy groups -OCH3 is 1. The van der Waals surface area contributed by atoms with E-state index in [2.05, 4.69) is 0 Å². The maximum absolute atomic E-state index is 14.4. The molecule has 0 saturated heterocycles. The first-order valence-corrected chi connectivity index (χ1v) is 17.8. The summed E-state index contributed by atoms with van der Waals surface area (Å²) in [6, 6.07) is 36.6. The first-order valence-electron chi connectivity index (χ1n) is 17.8. The predicted octanol–water partition coefficient (Wildman–Crippen LogP) is 7.12. The molecular weight excluding hydrogens is 682 g/mol. The van der Waals surface area contributed by atoms with Crippen LogP contribution < -0.4 is 19.3 Å². The summed E-state index contributed by atoms with van der Waals surface area (Å²) in [5.74, 6) is -0.220. The molecule has 5 aromatic carbocycles. The number of anilines is 3. The summed E-state index contributed by atoms with van der Waals surface area (Å²) >= 11 is 0. The van der Waals surface area contributed by atoms with Crippen LogP contribution in [0.4, 0.5) is 17.1 Å². The highest BCUT2D eigenvalue weighted by molar-refractivity contribution is 6.14. The summed E-state index contributed by atoms with van der Waals surface area (Å²) in [5.41, 5.74) is 2.22. The van der Waals surface area contributed by atoms with Crippen molar-refractivity contribution in [3.8, 4) is 17.2 Å². The van der Waals surface area contributed by atoms with E-state index in [1.165, 1.54) is 7.11 Å². The van der Waals surface area contributed by atoms with Crippen LogP contribution in [0.15, 0.2) is 133 Å². The Morgan fingerprint density at radius 3 is 2.37 bits per heavy atom. The van der Waals surface area contributed by atoms with Crippen LogP contribution in [0.2, 0.25) is 0 Å². The number of hydrogen-bond acceptors (Lipinski definition) is 7. The Labute approximate surface area is 314 Å². The van der Waals surface area contributed by atoms with Gasteiger partial charge < -0.3 is 29.5 Å². The number of rotatable bonds is 12. The Morgan fingerprint density at radius 1 is 0.870 bits per heavy atom. The van der Waals surface area contributed by atoms with Crippen LogP contribution in [0.25, 0.3) is 0 Å². The molecule has 0 bridgehead atoms. The molecule has 0 radical (unpaired) electrons. The number of aliphatic hydroxyl groups excluding tert-OH is 1. The molecule has 0 spiro atoms. The van der Waals surface area contributed by atoms with Crippen molar-refractivity contribution in [2.75, 3.05) is 30.1 Å². The summed E-state index contributed by atoms with van der Waals surface area (Å²) in [4.78, 5) is 46.4. The van der Waals surface area contributed by atoms with Gasteiger partial charge in [0, 0.05) is 36.7 Å². The SMILES string of the molecule is COc1ccc2c(c1)[C@@](O)([C@H](C)/C=C/CC(=O)N(CCO)Cc1ccccc1)C(=O)N2Cc1cccc(N2C(=O)c3ccccc3Oc3ccccc32)c1. The van der Waals surface area contributed by atoms with Gasteiger partial charge in [0.15, 0.2) is 11.4 Å². The van der Waals surface area contributed by atoms with Crippen LogP contribution in [-0.2, 0) is 28.3 Å². The molecule has 2 aliphatic rings. The average Bonchev–Trinajstić information content (AvgIpc) is 3.31. The molecule has 0 unspecified atom stereocenters. The van der Waals surface area contributed by atoms with Gasteiger partial charge in [-0.15, -0.1) is 0 Å². The van der Waals surface area contributed by atoms with E-state index in [1.807, 2.05) is 84.9 Å². The zero-order valence-electron chi connectivity index (χ0n) is 30.1. The lowest BCUT2D eigenvalue weighted by Crippen LogP contribution is -2.44. The Kier molecular flexibility index (Phi) is 10.3. The van der Waals surface area contributed by atoms with E-state index in [0.717, 1.165) is 11.1 Å². The lowest BCUT2D eigenvalue weighted by atomic mass is 9.83. The molecule has 274 valence electrons. The van der Waals surface area contributed by atoms with Crippen molar-refractivity contribution in [3.05, 3.63) is 156 Å². The lowest BCUT2D eigenvalue weighted by molar-refractivity contribution is -0.139. The van der Waals surface area contributed by atoms with Gasteiger partial charge in [-0.3, -0.25) is 19.3 Å². The first-order chi connectivity index (χ1) is 26.2. The van der Waals surface area contributed by atoms with Gasteiger partial charge in [-0.1, -0.05) is 85.8 Å². The molecule has 10 heteroatoms. The number of aliphatic hydroxyl groups is 2.